The number of amides is 1. The predicted octanol–water partition coefficient (Wildman–Crippen LogP) is 2.37. The molecule has 0 aromatic rings. The Kier molecular flexibility index (Phi) is 9.49. The predicted molar refractivity (Wildman–Crippen MR) is 67.6 cm³/mol. The fraction of sp³-hybridized carbons (Fsp3) is 0.846. The maximum Gasteiger partial charge on any atom is 0.305 e. The molecular weight excluding hydrogens is 218 g/mol. The molecule has 0 bridgehead atoms. The number of hydrogen-bond acceptors (Lipinski definition) is 3. The minimum Gasteiger partial charge on any atom is -0.466 e. The van der Waals surface area contributed by atoms with Crippen LogP contribution in [0.5, 0.6) is 0 Å². The van der Waals surface area contributed by atoms with Crippen LogP contribution in [0.2, 0.25) is 0 Å². The molecule has 0 rings (SSSR count). The molecule has 0 radical (unpaired) electrons. The molecule has 0 saturated heterocycles. The normalized spacial score (nSPS) is 10.1. The molecule has 100 valence electrons. The van der Waals surface area contributed by atoms with Crippen LogP contribution < -0.4 is 0 Å². The molecule has 0 heterocycles. The summed E-state index contributed by atoms with van der Waals surface area (Å²) in [7, 11) is 0. The maximum atomic E-state index is 11.6. The van der Waals surface area contributed by atoms with Gasteiger partial charge in [0.05, 0.1) is 6.61 Å². The molecule has 0 aliphatic rings. The van der Waals surface area contributed by atoms with E-state index in [1.54, 1.807) is 0 Å². The summed E-state index contributed by atoms with van der Waals surface area (Å²) in [5.74, 6) is 0.0269. The molecule has 0 aliphatic heterocycles. The van der Waals surface area contributed by atoms with E-state index in [9.17, 15) is 9.59 Å². The minimum atomic E-state index is -0.151. The molecule has 0 atom stereocenters. The van der Waals surface area contributed by atoms with Crippen molar-refractivity contribution in [1.29, 1.82) is 0 Å². The van der Waals surface area contributed by atoms with Gasteiger partial charge in [-0.2, -0.15) is 0 Å². The van der Waals surface area contributed by atoms with Crippen LogP contribution in [0.25, 0.3) is 0 Å². The molecule has 0 aliphatic carbocycles. The average molecular weight is 243 g/mol. The molecule has 0 fully saturated rings. The molecule has 0 aromatic heterocycles. The van der Waals surface area contributed by atoms with Gasteiger partial charge in [-0.3, -0.25) is 9.59 Å². The lowest BCUT2D eigenvalue weighted by atomic mass is 10.2. The molecular formula is C13H25NO3. The van der Waals surface area contributed by atoms with E-state index in [1.807, 2.05) is 25.7 Å². The van der Waals surface area contributed by atoms with Gasteiger partial charge >= 0.3 is 5.97 Å². The Morgan fingerprint density at radius 1 is 1.00 bits per heavy atom. The number of rotatable bonds is 9. The van der Waals surface area contributed by atoms with Crippen LogP contribution in [0.3, 0.4) is 0 Å². The number of ether oxygens (including phenoxy) is 1. The van der Waals surface area contributed by atoms with E-state index < -0.39 is 0 Å². The number of esters is 1. The topological polar surface area (TPSA) is 46.6 Å². The Morgan fingerprint density at radius 3 is 2.12 bits per heavy atom. The van der Waals surface area contributed by atoms with Crippen molar-refractivity contribution in [2.75, 3.05) is 19.7 Å². The highest BCUT2D eigenvalue weighted by atomic mass is 16.5. The van der Waals surface area contributed by atoms with Gasteiger partial charge in [0.1, 0.15) is 0 Å². The summed E-state index contributed by atoms with van der Waals surface area (Å²) in [6.07, 6.45) is 3.30. The number of carbonyl (C=O) groups is 2. The molecule has 4 heteroatoms. The van der Waals surface area contributed by atoms with Crippen molar-refractivity contribution in [3.63, 3.8) is 0 Å². The zero-order valence-electron chi connectivity index (χ0n) is 11.3. The summed E-state index contributed by atoms with van der Waals surface area (Å²) in [6, 6.07) is 0. The molecule has 1 amide bonds. The Bertz CT molecular complexity index is 225. The summed E-state index contributed by atoms with van der Waals surface area (Å²) in [6.45, 7) is 7.93. The van der Waals surface area contributed by atoms with Crippen molar-refractivity contribution in [1.82, 2.24) is 4.90 Å². The third-order valence-electron chi connectivity index (χ3n) is 2.60. The largest absolute Gasteiger partial charge is 0.466 e. The lowest BCUT2D eigenvalue weighted by Crippen LogP contribution is -2.30. The Morgan fingerprint density at radius 2 is 1.59 bits per heavy atom. The highest BCUT2D eigenvalue weighted by Gasteiger charge is 2.09. The van der Waals surface area contributed by atoms with Gasteiger partial charge in [0.15, 0.2) is 0 Å². The first kappa shape index (κ1) is 15.9. The second-order valence-electron chi connectivity index (χ2n) is 3.99. The van der Waals surface area contributed by atoms with Crippen molar-refractivity contribution in [2.24, 2.45) is 0 Å². The van der Waals surface area contributed by atoms with Gasteiger partial charge in [-0.1, -0.05) is 6.92 Å². The van der Waals surface area contributed by atoms with Crippen LogP contribution in [-0.4, -0.2) is 36.5 Å². The number of carbonyl (C=O) groups excluding carboxylic acids is 2. The van der Waals surface area contributed by atoms with Crippen LogP contribution in [0.4, 0.5) is 0 Å². The molecule has 0 aromatic carbocycles. The fourth-order valence-corrected chi connectivity index (χ4v) is 1.57. The van der Waals surface area contributed by atoms with Gasteiger partial charge in [0, 0.05) is 25.9 Å². The van der Waals surface area contributed by atoms with Crippen molar-refractivity contribution >= 4 is 11.9 Å². The first-order chi connectivity index (χ1) is 8.15. The summed E-state index contributed by atoms with van der Waals surface area (Å²) >= 11 is 0. The second-order valence-corrected chi connectivity index (χ2v) is 3.99. The van der Waals surface area contributed by atoms with Gasteiger partial charge in [0.2, 0.25) is 5.91 Å². The summed E-state index contributed by atoms with van der Waals surface area (Å²) in [4.78, 5) is 24.6. The molecule has 0 N–H and O–H groups in total. The molecule has 0 spiro atoms. The van der Waals surface area contributed by atoms with E-state index in [4.69, 9.17) is 4.74 Å². The molecule has 0 unspecified atom stereocenters. The first-order valence-electron chi connectivity index (χ1n) is 6.59. The van der Waals surface area contributed by atoms with Crippen LogP contribution in [0, 0.1) is 0 Å². The summed E-state index contributed by atoms with van der Waals surface area (Å²) in [5, 5.41) is 0. The van der Waals surface area contributed by atoms with Crippen molar-refractivity contribution in [3.8, 4) is 0 Å². The second kappa shape index (κ2) is 10.1. The maximum absolute atomic E-state index is 11.6. The third kappa shape index (κ3) is 7.77. The van der Waals surface area contributed by atoms with E-state index in [1.165, 1.54) is 0 Å². The van der Waals surface area contributed by atoms with E-state index in [-0.39, 0.29) is 11.9 Å². The van der Waals surface area contributed by atoms with Gasteiger partial charge < -0.3 is 9.64 Å². The van der Waals surface area contributed by atoms with Gasteiger partial charge in [0.25, 0.3) is 0 Å². The number of unbranched alkanes of at least 4 members (excludes halogenated alkanes) is 1. The van der Waals surface area contributed by atoms with E-state index >= 15 is 0 Å². The molecule has 0 saturated carbocycles. The van der Waals surface area contributed by atoms with Crippen molar-refractivity contribution in [3.05, 3.63) is 0 Å². The molecule has 17 heavy (non-hydrogen) atoms. The first-order valence-corrected chi connectivity index (χ1v) is 6.59. The van der Waals surface area contributed by atoms with Gasteiger partial charge in [-0.25, -0.2) is 0 Å². The van der Waals surface area contributed by atoms with Crippen LogP contribution in [0.1, 0.15) is 52.9 Å². The van der Waals surface area contributed by atoms with Gasteiger partial charge in [-0.15, -0.1) is 0 Å². The highest BCUT2D eigenvalue weighted by molar-refractivity contribution is 5.76. The molecule has 4 nitrogen and oxygen atoms in total. The Hall–Kier alpha value is -1.06. The van der Waals surface area contributed by atoms with Crippen molar-refractivity contribution in [2.45, 2.75) is 52.9 Å². The van der Waals surface area contributed by atoms with Crippen LogP contribution in [-0.2, 0) is 14.3 Å². The van der Waals surface area contributed by atoms with E-state index in [0.717, 1.165) is 32.4 Å². The average Bonchev–Trinajstić information content (AvgIpc) is 2.33. The lowest BCUT2D eigenvalue weighted by molar-refractivity contribution is -0.144. The van der Waals surface area contributed by atoms with Crippen LogP contribution in [0.15, 0.2) is 0 Å². The Labute approximate surface area is 104 Å². The third-order valence-corrected chi connectivity index (χ3v) is 2.60. The zero-order chi connectivity index (χ0) is 13.1. The summed E-state index contributed by atoms with van der Waals surface area (Å²) in [5.41, 5.74) is 0. The number of nitrogens with zero attached hydrogens (tertiary/aromatic N) is 1. The monoisotopic (exact) mass is 243 g/mol. The minimum absolute atomic E-state index is 0.151. The summed E-state index contributed by atoms with van der Waals surface area (Å²) < 4.78 is 4.95. The van der Waals surface area contributed by atoms with E-state index in [0.29, 0.717) is 19.4 Å². The van der Waals surface area contributed by atoms with Crippen LogP contribution >= 0.6 is 0 Å². The quantitative estimate of drug-likeness (QED) is 0.461. The Balaban J connectivity index is 3.57. The zero-order valence-corrected chi connectivity index (χ0v) is 11.3. The van der Waals surface area contributed by atoms with Crippen molar-refractivity contribution < 1.29 is 14.3 Å². The standard InChI is InChI=1S/C13H25NO3/c1-4-11-17-13(16)10-8-7-9-12(15)14(5-2)6-3/h4-11H2,1-3H3. The fourth-order valence-electron chi connectivity index (χ4n) is 1.57. The smallest absolute Gasteiger partial charge is 0.305 e. The number of hydrogen-bond donors (Lipinski definition) is 0. The van der Waals surface area contributed by atoms with E-state index in [2.05, 4.69) is 0 Å². The lowest BCUT2D eigenvalue weighted by Gasteiger charge is -2.18. The SMILES string of the molecule is CCCOC(=O)CCCCC(=O)N(CC)CC. The highest BCUT2D eigenvalue weighted by Crippen LogP contribution is 2.04. The van der Waals surface area contributed by atoms with Gasteiger partial charge in [-0.05, 0) is 33.1 Å².